The van der Waals surface area contributed by atoms with Crippen molar-refractivity contribution in [3.05, 3.63) is 5.82 Å². The summed E-state index contributed by atoms with van der Waals surface area (Å²) in [6.45, 7) is 7.67. The molecule has 1 rings (SSSR count). The minimum absolute atomic E-state index is 0.176. The minimum atomic E-state index is -3.85. The van der Waals surface area contributed by atoms with E-state index in [-0.39, 0.29) is 5.16 Å². The molecule has 1 heterocycles. The lowest BCUT2D eigenvalue weighted by Gasteiger charge is -2.23. The van der Waals surface area contributed by atoms with Gasteiger partial charge >= 0.3 is 0 Å². The zero-order chi connectivity index (χ0) is 12.6. The van der Waals surface area contributed by atoms with E-state index in [2.05, 4.69) is 10.2 Å². The van der Waals surface area contributed by atoms with E-state index in [1.165, 1.54) is 0 Å². The van der Waals surface area contributed by atoms with Gasteiger partial charge in [-0.05, 0) is 27.2 Å². The Balaban J connectivity index is 3.43. The van der Waals surface area contributed by atoms with Gasteiger partial charge in [0.1, 0.15) is 5.82 Å². The lowest BCUT2D eigenvalue weighted by atomic mass is 10.1. The van der Waals surface area contributed by atoms with E-state index in [1.54, 1.807) is 4.57 Å². The van der Waals surface area contributed by atoms with E-state index in [0.717, 1.165) is 6.42 Å². The van der Waals surface area contributed by atoms with Crippen molar-refractivity contribution in [3.8, 4) is 0 Å². The van der Waals surface area contributed by atoms with Crippen molar-refractivity contribution in [3.63, 3.8) is 0 Å². The van der Waals surface area contributed by atoms with Crippen LogP contribution in [0.15, 0.2) is 5.16 Å². The Labute approximate surface area is 100 Å². The van der Waals surface area contributed by atoms with Gasteiger partial charge in [0, 0.05) is 22.6 Å². The van der Waals surface area contributed by atoms with Crippen LogP contribution in [0.2, 0.25) is 0 Å². The highest BCUT2D eigenvalue weighted by Gasteiger charge is 2.28. The van der Waals surface area contributed by atoms with E-state index < -0.39 is 14.6 Å². The second-order valence-electron chi connectivity index (χ2n) is 4.59. The predicted octanol–water partition coefficient (Wildman–Crippen LogP) is 1.91. The average molecular weight is 266 g/mol. The SMILES string of the molecule is CCCc1nnc(S(=O)(=O)Cl)n1C(C)(C)C. The predicted molar refractivity (Wildman–Crippen MR) is 62.1 cm³/mol. The largest absolute Gasteiger partial charge is 0.296 e. The van der Waals surface area contributed by atoms with Crippen molar-refractivity contribution in [2.75, 3.05) is 0 Å². The third kappa shape index (κ3) is 2.74. The first-order chi connectivity index (χ1) is 7.18. The lowest BCUT2D eigenvalue weighted by molar-refractivity contribution is 0.350. The van der Waals surface area contributed by atoms with Crippen LogP contribution in [0.3, 0.4) is 0 Å². The summed E-state index contributed by atoms with van der Waals surface area (Å²) in [4.78, 5) is 0. The molecule has 0 bridgehead atoms. The standard InChI is InChI=1S/C9H16ClN3O2S/c1-5-6-7-11-12-8(16(10,14)15)13(7)9(2,3)4/h5-6H2,1-4H3. The quantitative estimate of drug-likeness (QED) is 0.783. The van der Waals surface area contributed by atoms with Gasteiger partial charge in [-0.2, -0.15) is 0 Å². The normalized spacial score (nSPS) is 13.1. The third-order valence-electron chi connectivity index (χ3n) is 2.06. The van der Waals surface area contributed by atoms with E-state index in [9.17, 15) is 8.42 Å². The fourth-order valence-corrected chi connectivity index (χ4v) is 2.55. The van der Waals surface area contributed by atoms with Crippen LogP contribution in [0, 0.1) is 0 Å². The maximum absolute atomic E-state index is 11.4. The smallest absolute Gasteiger partial charge is 0.295 e. The van der Waals surface area contributed by atoms with E-state index in [4.69, 9.17) is 10.7 Å². The summed E-state index contributed by atoms with van der Waals surface area (Å²) in [6.07, 6.45) is 1.55. The molecule has 0 saturated heterocycles. The Bertz CT molecular complexity index is 473. The Kier molecular flexibility index (Phi) is 3.64. The highest BCUT2D eigenvalue weighted by molar-refractivity contribution is 8.13. The van der Waals surface area contributed by atoms with Gasteiger partial charge in [-0.1, -0.05) is 6.92 Å². The summed E-state index contributed by atoms with van der Waals surface area (Å²) in [5, 5.41) is 7.38. The van der Waals surface area contributed by atoms with Gasteiger partial charge < -0.3 is 0 Å². The van der Waals surface area contributed by atoms with Gasteiger partial charge in [0.25, 0.3) is 14.2 Å². The van der Waals surface area contributed by atoms with Crippen molar-refractivity contribution in [1.29, 1.82) is 0 Å². The van der Waals surface area contributed by atoms with Crippen LogP contribution < -0.4 is 0 Å². The molecule has 0 aliphatic rings. The molecule has 0 radical (unpaired) electrons. The molecular weight excluding hydrogens is 250 g/mol. The Hall–Kier alpha value is -0.620. The fourth-order valence-electron chi connectivity index (χ4n) is 1.52. The molecule has 1 aromatic heterocycles. The average Bonchev–Trinajstić information content (AvgIpc) is 2.46. The number of halogens is 1. The lowest BCUT2D eigenvalue weighted by Crippen LogP contribution is -2.27. The molecule has 16 heavy (non-hydrogen) atoms. The summed E-state index contributed by atoms with van der Waals surface area (Å²) < 4.78 is 24.3. The van der Waals surface area contributed by atoms with Crippen molar-refractivity contribution in [2.45, 2.75) is 51.2 Å². The Morgan fingerprint density at radius 1 is 1.31 bits per heavy atom. The molecular formula is C9H16ClN3O2S. The van der Waals surface area contributed by atoms with Gasteiger partial charge in [0.05, 0.1) is 0 Å². The van der Waals surface area contributed by atoms with Crippen molar-refractivity contribution < 1.29 is 8.42 Å². The summed E-state index contributed by atoms with van der Waals surface area (Å²) in [7, 11) is 1.48. The van der Waals surface area contributed by atoms with Crippen LogP contribution in [0.4, 0.5) is 0 Å². The summed E-state index contributed by atoms with van der Waals surface area (Å²) in [5.41, 5.74) is -0.411. The van der Waals surface area contributed by atoms with Crippen LogP contribution >= 0.6 is 10.7 Å². The first-order valence-corrected chi connectivity index (χ1v) is 7.38. The number of rotatable bonds is 3. The molecule has 0 unspecified atom stereocenters. The molecule has 1 aromatic rings. The molecule has 7 heteroatoms. The summed E-state index contributed by atoms with van der Waals surface area (Å²) in [6, 6.07) is 0. The molecule has 0 aromatic carbocycles. The van der Waals surface area contributed by atoms with Crippen molar-refractivity contribution in [2.24, 2.45) is 0 Å². The number of hydrogen-bond donors (Lipinski definition) is 0. The van der Waals surface area contributed by atoms with Gasteiger partial charge in [-0.25, -0.2) is 8.42 Å². The molecule has 0 N–H and O–H groups in total. The van der Waals surface area contributed by atoms with Crippen LogP contribution in [0.25, 0.3) is 0 Å². The van der Waals surface area contributed by atoms with E-state index in [1.807, 2.05) is 27.7 Å². The summed E-state index contributed by atoms with van der Waals surface area (Å²) >= 11 is 0. The van der Waals surface area contributed by atoms with Crippen molar-refractivity contribution >= 4 is 19.7 Å². The Morgan fingerprint density at radius 3 is 2.25 bits per heavy atom. The first-order valence-electron chi connectivity index (χ1n) is 5.07. The molecule has 0 atom stereocenters. The molecule has 0 saturated carbocycles. The molecule has 92 valence electrons. The van der Waals surface area contributed by atoms with Gasteiger partial charge in [-0.15, -0.1) is 10.2 Å². The highest BCUT2D eigenvalue weighted by atomic mass is 35.7. The van der Waals surface area contributed by atoms with Gasteiger partial charge in [-0.3, -0.25) is 4.57 Å². The maximum Gasteiger partial charge on any atom is 0.296 e. The van der Waals surface area contributed by atoms with Crippen LogP contribution in [0.5, 0.6) is 0 Å². The first kappa shape index (κ1) is 13.4. The van der Waals surface area contributed by atoms with E-state index >= 15 is 0 Å². The number of hydrogen-bond acceptors (Lipinski definition) is 4. The molecule has 0 spiro atoms. The molecule has 0 aliphatic carbocycles. The van der Waals surface area contributed by atoms with Gasteiger partial charge in [0.15, 0.2) is 0 Å². The van der Waals surface area contributed by atoms with Crippen LogP contribution in [0.1, 0.15) is 39.9 Å². The molecule has 0 fully saturated rings. The molecule has 0 aliphatic heterocycles. The second kappa shape index (κ2) is 4.33. The van der Waals surface area contributed by atoms with Crippen LogP contribution in [-0.2, 0) is 21.0 Å². The topological polar surface area (TPSA) is 64.8 Å². The zero-order valence-corrected chi connectivity index (χ0v) is 11.4. The number of aryl methyl sites for hydroxylation is 1. The Morgan fingerprint density at radius 2 is 1.88 bits per heavy atom. The van der Waals surface area contributed by atoms with Crippen molar-refractivity contribution in [1.82, 2.24) is 14.8 Å². The highest BCUT2D eigenvalue weighted by Crippen LogP contribution is 2.24. The van der Waals surface area contributed by atoms with Crippen LogP contribution in [-0.4, -0.2) is 23.2 Å². The molecule has 0 amide bonds. The van der Waals surface area contributed by atoms with E-state index in [0.29, 0.717) is 12.2 Å². The minimum Gasteiger partial charge on any atom is -0.295 e. The number of aromatic nitrogens is 3. The second-order valence-corrected chi connectivity index (χ2v) is 7.05. The monoisotopic (exact) mass is 265 g/mol. The summed E-state index contributed by atoms with van der Waals surface area (Å²) in [5.74, 6) is 0.647. The zero-order valence-electron chi connectivity index (χ0n) is 9.86. The maximum atomic E-state index is 11.4. The fraction of sp³-hybridized carbons (Fsp3) is 0.778. The third-order valence-corrected chi connectivity index (χ3v) is 3.18. The number of nitrogens with zero attached hydrogens (tertiary/aromatic N) is 3. The molecule has 5 nitrogen and oxygen atoms in total. The van der Waals surface area contributed by atoms with Gasteiger partial charge in [0.2, 0.25) is 0 Å².